The number of hydrogen-bond acceptors (Lipinski definition) is 6. The lowest BCUT2D eigenvalue weighted by Gasteiger charge is -2.22. The summed E-state index contributed by atoms with van der Waals surface area (Å²) in [6.45, 7) is 4.60. The molecule has 9 heteroatoms. The molecule has 1 amide bonds. The number of pyridine rings is 1. The molecule has 0 radical (unpaired) electrons. The number of aromatic nitrogens is 5. The summed E-state index contributed by atoms with van der Waals surface area (Å²) in [6.07, 6.45) is 8.07. The van der Waals surface area contributed by atoms with Crippen LogP contribution in [-0.4, -0.2) is 61.4 Å². The highest BCUT2D eigenvalue weighted by molar-refractivity contribution is 5.93. The molecule has 1 aromatic carbocycles. The first kappa shape index (κ1) is 22.3. The number of nitrogen functional groups attached to an aromatic ring is 1. The van der Waals surface area contributed by atoms with Gasteiger partial charge in [-0.1, -0.05) is 12.5 Å². The van der Waals surface area contributed by atoms with E-state index in [0.29, 0.717) is 37.1 Å². The molecule has 3 aromatic heterocycles. The molecule has 1 saturated heterocycles. The molecular weight excluding hydrogens is 454 g/mol. The Labute approximate surface area is 208 Å². The lowest BCUT2D eigenvalue weighted by atomic mass is 10.1. The van der Waals surface area contributed by atoms with Crippen LogP contribution in [0.1, 0.15) is 42.6 Å². The summed E-state index contributed by atoms with van der Waals surface area (Å²) in [7, 11) is 1.64. The van der Waals surface area contributed by atoms with Gasteiger partial charge in [-0.3, -0.25) is 9.48 Å². The van der Waals surface area contributed by atoms with E-state index in [4.69, 9.17) is 15.6 Å². The smallest absolute Gasteiger partial charge is 0.246 e. The van der Waals surface area contributed by atoms with Crippen LogP contribution in [0.15, 0.2) is 49.4 Å². The number of carbonyl (C=O) groups excluding carboxylic acids is 1. The minimum Gasteiger partial charge on any atom is -0.383 e. The molecule has 1 aliphatic carbocycles. The van der Waals surface area contributed by atoms with E-state index in [0.717, 1.165) is 27.5 Å². The second kappa shape index (κ2) is 8.81. The number of benzene rings is 1. The maximum Gasteiger partial charge on any atom is 0.246 e. The Hall–Kier alpha value is -4.16. The van der Waals surface area contributed by atoms with E-state index in [2.05, 4.69) is 39.0 Å². The molecule has 2 fully saturated rings. The number of methoxy groups -OCH3 is 1. The molecule has 0 bridgehead atoms. The number of rotatable bonds is 5. The summed E-state index contributed by atoms with van der Waals surface area (Å²) < 4.78 is 9.54. The van der Waals surface area contributed by atoms with Crippen LogP contribution >= 0.6 is 0 Å². The predicted octanol–water partition coefficient (Wildman–Crippen LogP) is 3.07. The zero-order valence-electron chi connectivity index (χ0n) is 20.1. The molecule has 36 heavy (non-hydrogen) atoms. The van der Waals surface area contributed by atoms with Crippen molar-refractivity contribution in [2.45, 2.75) is 37.4 Å². The summed E-state index contributed by atoms with van der Waals surface area (Å²) in [5.41, 5.74) is 10.6. The Morgan fingerprint density at radius 1 is 1.22 bits per heavy atom. The third kappa shape index (κ3) is 3.80. The Kier molecular flexibility index (Phi) is 5.46. The first-order valence-electron chi connectivity index (χ1n) is 12.1. The van der Waals surface area contributed by atoms with E-state index in [1.165, 1.54) is 18.9 Å². The van der Waals surface area contributed by atoms with Gasteiger partial charge < -0.3 is 19.9 Å². The number of anilines is 1. The van der Waals surface area contributed by atoms with Crippen molar-refractivity contribution >= 4 is 33.7 Å². The van der Waals surface area contributed by atoms with Crippen molar-refractivity contribution in [1.29, 1.82) is 0 Å². The van der Waals surface area contributed by atoms with E-state index in [1.54, 1.807) is 18.2 Å². The molecule has 9 nitrogen and oxygen atoms in total. The maximum atomic E-state index is 12.5. The number of fused-ring (bicyclic) bond motifs is 2. The normalized spacial score (nSPS) is 19.5. The summed E-state index contributed by atoms with van der Waals surface area (Å²) in [6, 6.07) is 8.47. The SMILES string of the molecule is C=CC(=O)N1C[C@@H](n2nc(C#Cc3ccc4c(c3)ncn4C3CC3)c3c(N)nccc32)C[C@@H]1COC. The molecule has 6 rings (SSSR count). The molecule has 1 aliphatic heterocycles. The molecule has 2 atom stereocenters. The van der Waals surface area contributed by atoms with Gasteiger partial charge in [-0.05, 0) is 55.5 Å². The van der Waals surface area contributed by atoms with Crippen LogP contribution in [0.5, 0.6) is 0 Å². The number of nitrogens with two attached hydrogens (primary N) is 1. The van der Waals surface area contributed by atoms with Crippen molar-refractivity contribution in [1.82, 2.24) is 29.2 Å². The van der Waals surface area contributed by atoms with Gasteiger partial charge in [-0.25, -0.2) is 9.97 Å². The fraction of sp³-hybridized carbons (Fsp3) is 0.333. The third-order valence-corrected chi connectivity index (χ3v) is 7.04. The molecule has 2 aliphatic rings. The quantitative estimate of drug-likeness (QED) is 0.347. The predicted molar refractivity (Wildman–Crippen MR) is 137 cm³/mol. The van der Waals surface area contributed by atoms with Gasteiger partial charge in [0.15, 0.2) is 0 Å². The molecule has 182 valence electrons. The summed E-state index contributed by atoms with van der Waals surface area (Å²) >= 11 is 0. The highest BCUT2D eigenvalue weighted by Gasteiger charge is 2.36. The van der Waals surface area contributed by atoms with Gasteiger partial charge in [0.05, 0.1) is 47.0 Å². The van der Waals surface area contributed by atoms with Crippen LogP contribution in [0.2, 0.25) is 0 Å². The molecule has 1 saturated carbocycles. The van der Waals surface area contributed by atoms with Crippen LogP contribution in [0.3, 0.4) is 0 Å². The third-order valence-electron chi connectivity index (χ3n) is 7.04. The fourth-order valence-electron chi connectivity index (χ4n) is 5.17. The van der Waals surface area contributed by atoms with Gasteiger partial charge >= 0.3 is 0 Å². The van der Waals surface area contributed by atoms with Gasteiger partial charge in [0, 0.05) is 31.5 Å². The van der Waals surface area contributed by atoms with E-state index < -0.39 is 0 Å². The molecule has 4 heterocycles. The van der Waals surface area contributed by atoms with Crippen LogP contribution in [-0.2, 0) is 9.53 Å². The van der Waals surface area contributed by atoms with Gasteiger partial charge in [0.2, 0.25) is 5.91 Å². The van der Waals surface area contributed by atoms with Gasteiger partial charge in [0.1, 0.15) is 11.5 Å². The zero-order chi connectivity index (χ0) is 24.8. The summed E-state index contributed by atoms with van der Waals surface area (Å²) in [5.74, 6) is 6.73. The standard InChI is InChI=1S/C27H27N7O2/c1-3-25(35)32-14-19(13-20(32)15-36-2)34-24-10-11-29-27(28)26(24)21(31-34)8-4-17-5-9-23-22(12-17)30-16-33(23)18-6-7-18/h3,5,9-12,16,18-20H,1,6-7,13-15H2,2H3,(H2,28,29)/t19-,20+/m0/s1. The molecule has 4 aromatic rings. The minimum absolute atomic E-state index is 0.0448. The van der Waals surface area contributed by atoms with Gasteiger partial charge in [-0.2, -0.15) is 5.10 Å². The highest BCUT2D eigenvalue weighted by Crippen LogP contribution is 2.37. The number of likely N-dealkylation sites (tertiary alicyclic amines) is 1. The monoisotopic (exact) mass is 481 g/mol. The Balaban J connectivity index is 1.36. The molecule has 2 N–H and O–H groups in total. The van der Waals surface area contributed by atoms with E-state index in [-0.39, 0.29) is 18.0 Å². The second-order valence-electron chi connectivity index (χ2n) is 9.41. The fourth-order valence-corrected chi connectivity index (χ4v) is 5.17. The lowest BCUT2D eigenvalue weighted by Crippen LogP contribution is -2.37. The van der Waals surface area contributed by atoms with Gasteiger partial charge in [0.25, 0.3) is 0 Å². The van der Waals surface area contributed by atoms with Crippen molar-refractivity contribution in [3.63, 3.8) is 0 Å². The average Bonchev–Trinajstić information content (AvgIpc) is 3.33. The number of amides is 1. The molecular formula is C27H27N7O2. The van der Waals surface area contributed by atoms with Crippen LogP contribution in [0.4, 0.5) is 5.82 Å². The van der Waals surface area contributed by atoms with E-state index >= 15 is 0 Å². The first-order chi connectivity index (χ1) is 17.6. The number of nitrogens with zero attached hydrogens (tertiary/aromatic N) is 6. The summed E-state index contributed by atoms with van der Waals surface area (Å²) in [5, 5.41) is 5.58. The van der Waals surface area contributed by atoms with Crippen molar-refractivity contribution in [3.05, 3.63) is 60.7 Å². The maximum absolute atomic E-state index is 12.5. The minimum atomic E-state index is -0.114. The number of carbonyl (C=O) groups is 1. The second-order valence-corrected chi connectivity index (χ2v) is 9.41. The lowest BCUT2D eigenvalue weighted by molar-refractivity contribution is -0.127. The van der Waals surface area contributed by atoms with Crippen LogP contribution < -0.4 is 5.73 Å². The van der Waals surface area contributed by atoms with Crippen molar-refractivity contribution in [2.75, 3.05) is 26.0 Å². The average molecular weight is 482 g/mol. The molecule has 0 unspecified atom stereocenters. The Morgan fingerprint density at radius 2 is 2.08 bits per heavy atom. The summed E-state index contributed by atoms with van der Waals surface area (Å²) in [4.78, 5) is 23.1. The Bertz CT molecular complexity index is 1550. The number of hydrogen-bond donors (Lipinski definition) is 1. The number of imidazole rings is 1. The topological polar surface area (TPSA) is 104 Å². The van der Waals surface area contributed by atoms with Gasteiger partial charge in [-0.15, -0.1) is 0 Å². The Morgan fingerprint density at radius 3 is 2.86 bits per heavy atom. The first-order valence-corrected chi connectivity index (χ1v) is 12.1. The van der Waals surface area contributed by atoms with E-state index in [9.17, 15) is 4.79 Å². The highest BCUT2D eigenvalue weighted by atomic mass is 16.5. The van der Waals surface area contributed by atoms with E-state index in [1.807, 2.05) is 29.2 Å². The van der Waals surface area contributed by atoms with Crippen molar-refractivity contribution in [3.8, 4) is 11.8 Å². The number of ether oxygens (including phenoxy) is 1. The van der Waals surface area contributed by atoms with Crippen LogP contribution in [0, 0.1) is 11.8 Å². The molecule has 0 spiro atoms. The van der Waals surface area contributed by atoms with Crippen molar-refractivity contribution < 1.29 is 9.53 Å². The zero-order valence-corrected chi connectivity index (χ0v) is 20.1. The largest absolute Gasteiger partial charge is 0.383 e. The van der Waals surface area contributed by atoms with Crippen molar-refractivity contribution in [2.24, 2.45) is 0 Å². The van der Waals surface area contributed by atoms with Crippen LogP contribution in [0.25, 0.3) is 21.9 Å².